The van der Waals surface area contributed by atoms with Gasteiger partial charge < -0.3 is 10.2 Å². The zero-order valence-corrected chi connectivity index (χ0v) is 15.2. The van der Waals surface area contributed by atoms with Crippen LogP contribution in [0.5, 0.6) is 0 Å². The summed E-state index contributed by atoms with van der Waals surface area (Å²) in [5.41, 5.74) is 2.97. The van der Waals surface area contributed by atoms with Gasteiger partial charge in [0.1, 0.15) is 12.3 Å². The Bertz CT molecular complexity index is 842. The molecule has 2 saturated heterocycles. The summed E-state index contributed by atoms with van der Waals surface area (Å²) >= 11 is 0. The molecule has 1 spiro atoms. The zero-order chi connectivity index (χ0) is 18.9. The molecule has 0 radical (unpaired) electrons. The largest absolute Gasteiger partial charge is 0.396 e. The molecule has 0 aliphatic carbocycles. The molecule has 5 nitrogen and oxygen atoms in total. The van der Waals surface area contributed by atoms with Crippen LogP contribution in [-0.2, 0) is 11.4 Å². The third kappa shape index (κ3) is 3.70. The highest BCUT2D eigenvalue weighted by molar-refractivity contribution is 6.11. The molecule has 1 aromatic carbocycles. The summed E-state index contributed by atoms with van der Waals surface area (Å²) in [6.07, 6.45) is 1.81. The Morgan fingerprint density at radius 1 is 1.22 bits per heavy atom. The average Bonchev–Trinajstić information content (AvgIpc) is 2.60. The second-order valence-corrected chi connectivity index (χ2v) is 7.29. The van der Waals surface area contributed by atoms with Crippen molar-refractivity contribution in [2.24, 2.45) is 10.6 Å². The standard InChI is InChI=1S/C20H22F2N4O/c1-2-27-25-19(15-4-5-16(21)17(22)7-15)18-6-3-14(8-24-18)9-26-12-20(13-26)10-23-11-20/h3-8,23H,2,9-13H2,1H3. The molecular formula is C20H22F2N4O. The average molecular weight is 372 g/mol. The first-order valence-corrected chi connectivity index (χ1v) is 9.12. The van der Waals surface area contributed by atoms with Crippen LogP contribution in [0, 0.1) is 17.0 Å². The van der Waals surface area contributed by atoms with Crippen molar-refractivity contribution >= 4 is 5.71 Å². The van der Waals surface area contributed by atoms with Gasteiger partial charge in [-0.1, -0.05) is 11.2 Å². The summed E-state index contributed by atoms with van der Waals surface area (Å²) in [5.74, 6) is -1.82. The molecule has 3 heterocycles. The van der Waals surface area contributed by atoms with Gasteiger partial charge in [0.25, 0.3) is 0 Å². The predicted molar refractivity (Wildman–Crippen MR) is 98.4 cm³/mol. The van der Waals surface area contributed by atoms with Gasteiger partial charge in [0.05, 0.1) is 5.69 Å². The topological polar surface area (TPSA) is 49.8 Å². The number of rotatable bonds is 6. The number of nitrogens with one attached hydrogen (secondary N) is 1. The van der Waals surface area contributed by atoms with Gasteiger partial charge in [-0.05, 0) is 36.8 Å². The van der Waals surface area contributed by atoms with E-state index in [1.54, 1.807) is 13.1 Å². The van der Waals surface area contributed by atoms with E-state index in [0.717, 1.165) is 50.4 Å². The minimum atomic E-state index is -0.925. The van der Waals surface area contributed by atoms with E-state index < -0.39 is 11.6 Å². The van der Waals surface area contributed by atoms with Gasteiger partial charge in [-0.25, -0.2) is 8.78 Å². The maximum absolute atomic E-state index is 13.6. The molecule has 2 fully saturated rings. The van der Waals surface area contributed by atoms with Crippen molar-refractivity contribution in [2.45, 2.75) is 13.5 Å². The fraction of sp³-hybridized carbons (Fsp3) is 0.400. The Labute approximate surface area is 157 Å². The number of likely N-dealkylation sites (tertiary alicyclic amines) is 1. The Morgan fingerprint density at radius 2 is 2.04 bits per heavy atom. The number of halogens is 2. The lowest BCUT2D eigenvalue weighted by Crippen LogP contribution is -2.70. The first-order valence-electron chi connectivity index (χ1n) is 9.12. The molecule has 1 aromatic heterocycles. The number of hydrogen-bond donors (Lipinski definition) is 1. The molecule has 0 saturated carbocycles. The molecule has 142 valence electrons. The summed E-state index contributed by atoms with van der Waals surface area (Å²) in [7, 11) is 0. The molecule has 0 atom stereocenters. The van der Waals surface area contributed by atoms with E-state index in [-0.39, 0.29) is 0 Å². The van der Waals surface area contributed by atoms with Crippen LogP contribution in [0.1, 0.15) is 23.7 Å². The highest BCUT2D eigenvalue weighted by atomic mass is 19.2. The highest BCUT2D eigenvalue weighted by Gasteiger charge is 2.47. The van der Waals surface area contributed by atoms with Crippen LogP contribution in [0.3, 0.4) is 0 Å². The fourth-order valence-electron chi connectivity index (χ4n) is 3.65. The second-order valence-electron chi connectivity index (χ2n) is 7.29. The van der Waals surface area contributed by atoms with E-state index in [1.165, 1.54) is 6.07 Å². The Balaban J connectivity index is 1.49. The molecule has 1 N–H and O–H groups in total. The van der Waals surface area contributed by atoms with Crippen molar-refractivity contribution in [3.63, 3.8) is 0 Å². The summed E-state index contributed by atoms with van der Waals surface area (Å²) < 4.78 is 26.9. The third-order valence-electron chi connectivity index (χ3n) is 5.07. The van der Waals surface area contributed by atoms with Gasteiger partial charge in [-0.2, -0.15) is 0 Å². The lowest BCUT2D eigenvalue weighted by molar-refractivity contribution is -0.0445. The molecule has 0 unspecified atom stereocenters. The molecule has 2 aliphatic heterocycles. The Kier molecular flexibility index (Phi) is 4.88. The second kappa shape index (κ2) is 7.32. The minimum absolute atomic E-state index is 0.372. The van der Waals surface area contributed by atoms with E-state index in [0.29, 0.717) is 29.0 Å². The maximum Gasteiger partial charge on any atom is 0.159 e. The normalized spacial score (nSPS) is 18.9. The molecule has 0 bridgehead atoms. The number of benzene rings is 1. The summed E-state index contributed by atoms with van der Waals surface area (Å²) in [6.45, 7) is 7.51. The Hall–Kier alpha value is -2.38. The summed E-state index contributed by atoms with van der Waals surface area (Å²) in [6, 6.07) is 7.49. The quantitative estimate of drug-likeness (QED) is 0.626. The number of aromatic nitrogens is 1. The number of hydrogen-bond acceptors (Lipinski definition) is 5. The zero-order valence-electron chi connectivity index (χ0n) is 15.2. The van der Waals surface area contributed by atoms with E-state index >= 15 is 0 Å². The van der Waals surface area contributed by atoms with Gasteiger partial charge in [0, 0.05) is 49.9 Å². The number of nitrogens with zero attached hydrogens (tertiary/aromatic N) is 3. The van der Waals surface area contributed by atoms with Crippen molar-refractivity contribution in [2.75, 3.05) is 32.8 Å². The molecule has 0 amide bonds. The van der Waals surface area contributed by atoms with Crippen molar-refractivity contribution in [1.29, 1.82) is 0 Å². The monoisotopic (exact) mass is 372 g/mol. The van der Waals surface area contributed by atoms with E-state index in [2.05, 4.69) is 20.4 Å². The van der Waals surface area contributed by atoms with Crippen LogP contribution in [0.15, 0.2) is 41.7 Å². The third-order valence-corrected chi connectivity index (χ3v) is 5.07. The number of oxime groups is 1. The van der Waals surface area contributed by atoms with Crippen LogP contribution < -0.4 is 5.32 Å². The fourth-order valence-corrected chi connectivity index (χ4v) is 3.65. The highest BCUT2D eigenvalue weighted by Crippen LogP contribution is 2.34. The van der Waals surface area contributed by atoms with Crippen molar-refractivity contribution in [3.05, 3.63) is 65.0 Å². The van der Waals surface area contributed by atoms with Crippen LogP contribution in [0.4, 0.5) is 8.78 Å². The molecule has 2 aliphatic rings. The van der Waals surface area contributed by atoms with Gasteiger partial charge in [0.2, 0.25) is 0 Å². The van der Waals surface area contributed by atoms with Crippen LogP contribution in [0.25, 0.3) is 0 Å². The van der Waals surface area contributed by atoms with Gasteiger partial charge in [-0.15, -0.1) is 0 Å². The number of pyridine rings is 1. The van der Waals surface area contributed by atoms with Crippen molar-refractivity contribution in [1.82, 2.24) is 15.2 Å². The van der Waals surface area contributed by atoms with Crippen molar-refractivity contribution < 1.29 is 13.6 Å². The van der Waals surface area contributed by atoms with Crippen molar-refractivity contribution in [3.8, 4) is 0 Å². The maximum atomic E-state index is 13.6. The molecule has 27 heavy (non-hydrogen) atoms. The molecule has 7 heteroatoms. The smallest absolute Gasteiger partial charge is 0.159 e. The first-order chi connectivity index (χ1) is 13.1. The van der Waals surface area contributed by atoms with Crippen LogP contribution >= 0.6 is 0 Å². The Morgan fingerprint density at radius 3 is 2.63 bits per heavy atom. The molecule has 4 rings (SSSR count). The minimum Gasteiger partial charge on any atom is -0.396 e. The van der Waals surface area contributed by atoms with E-state index in [9.17, 15) is 8.78 Å². The molecular weight excluding hydrogens is 350 g/mol. The predicted octanol–water partition coefficient (Wildman–Crippen LogP) is 2.55. The van der Waals surface area contributed by atoms with Gasteiger partial charge in [-0.3, -0.25) is 9.88 Å². The van der Waals surface area contributed by atoms with E-state index in [4.69, 9.17) is 4.84 Å². The van der Waals surface area contributed by atoms with Gasteiger partial charge >= 0.3 is 0 Å². The SMILES string of the molecule is CCON=C(c1ccc(F)c(F)c1)c1ccc(CN2CC3(CNC3)C2)cn1. The van der Waals surface area contributed by atoms with Crippen LogP contribution in [-0.4, -0.2) is 48.4 Å². The lowest BCUT2D eigenvalue weighted by atomic mass is 9.74. The lowest BCUT2D eigenvalue weighted by Gasteiger charge is -2.56. The molecule has 2 aromatic rings. The van der Waals surface area contributed by atoms with Gasteiger partial charge in [0.15, 0.2) is 11.6 Å². The van der Waals surface area contributed by atoms with Crippen LogP contribution in [0.2, 0.25) is 0 Å². The summed E-state index contributed by atoms with van der Waals surface area (Å²) in [5, 5.41) is 7.39. The van der Waals surface area contributed by atoms with E-state index in [1.807, 2.05) is 12.1 Å². The first kappa shape index (κ1) is 18.0. The summed E-state index contributed by atoms with van der Waals surface area (Å²) in [4.78, 5) is 12.0.